The van der Waals surface area contributed by atoms with Crippen LogP contribution in [0.15, 0.2) is 133 Å². The zero-order valence-corrected chi connectivity index (χ0v) is 21.0. The van der Waals surface area contributed by atoms with Gasteiger partial charge in [0.05, 0.1) is 5.92 Å². The van der Waals surface area contributed by atoms with Gasteiger partial charge in [-0.3, -0.25) is 0 Å². The minimum absolute atomic E-state index is 0.0470. The van der Waals surface area contributed by atoms with Gasteiger partial charge in [0.1, 0.15) is 11.9 Å². The molecule has 2 atom stereocenters. The van der Waals surface area contributed by atoms with Crippen molar-refractivity contribution in [2.75, 3.05) is 0 Å². The molecule has 0 N–H and O–H groups in total. The maximum Gasteiger partial charge on any atom is 0.164 e. The van der Waals surface area contributed by atoms with E-state index >= 15 is 0 Å². The van der Waals surface area contributed by atoms with Gasteiger partial charge in [-0.15, -0.1) is 0 Å². The van der Waals surface area contributed by atoms with E-state index in [-0.39, 0.29) is 12.0 Å². The third kappa shape index (κ3) is 3.57. The maximum absolute atomic E-state index is 6.69. The van der Waals surface area contributed by atoms with Gasteiger partial charge in [-0.05, 0) is 40.3 Å². The van der Waals surface area contributed by atoms with Crippen molar-refractivity contribution in [2.45, 2.75) is 6.10 Å². The van der Waals surface area contributed by atoms with E-state index in [2.05, 4.69) is 66.8 Å². The number of allylic oxidation sites excluding steroid dienone is 5. The first kappa shape index (κ1) is 21.9. The van der Waals surface area contributed by atoms with Crippen molar-refractivity contribution in [3.8, 4) is 39.9 Å². The smallest absolute Gasteiger partial charge is 0.164 e. The van der Waals surface area contributed by atoms with E-state index in [1.54, 1.807) is 0 Å². The monoisotopic (exact) mass is 501 g/mol. The summed E-state index contributed by atoms with van der Waals surface area (Å²) in [5.41, 5.74) is 6.63. The third-order valence-electron chi connectivity index (χ3n) is 7.69. The van der Waals surface area contributed by atoms with Crippen molar-refractivity contribution < 1.29 is 4.74 Å². The lowest BCUT2D eigenvalue weighted by Gasteiger charge is -2.30. The molecule has 0 radical (unpaired) electrons. The summed E-state index contributed by atoms with van der Waals surface area (Å²) in [7, 11) is 0. The van der Waals surface area contributed by atoms with Crippen LogP contribution in [-0.2, 0) is 0 Å². The Morgan fingerprint density at radius 2 is 1.31 bits per heavy atom. The lowest BCUT2D eigenvalue weighted by molar-refractivity contribution is 0.226. The fraction of sp³-hybridized carbons (Fsp3) is 0.0571. The number of hydrogen-bond acceptors (Lipinski definition) is 4. The Hall–Kier alpha value is -5.09. The molecule has 5 aromatic rings. The predicted molar refractivity (Wildman–Crippen MR) is 156 cm³/mol. The molecule has 39 heavy (non-hydrogen) atoms. The van der Waals surface area contributed by atoms with E-state index in [1.165, 1.54) is 16.7 Å². The third-order valence-corrected chi connectivity index (χ3v) is 7.69. The molecule has 8 rings (SSSR count). The number of rotatable bonds is 3. The summed E-state index contributed by atoms with van der Waals surface area (Å²) in [5, 5.41) is 2.17. The van der Waals surface area contributed by atoms with Crippen LogP contribution in [-0.4, -0.2) is 21.1 Å². The summed E-state index contributed by atoms with van der Waals surface area (Å²) in [6.45, 7) is 0. The Morgan fingerprint density at radius 1 is 0.590 bits per heavy atom. The van der Waals surface area contributed by atoms with Crippen LogP contribution in [0.2, 0.25) is 0 Å². The lowest BCUT2D eigenvalue weighted by atomic mass is 9.77. The molecule has 2 heterocycles. The molecule has 0 amide bonds. The minimum Gasteiger partial charge on any atom is -0.485 e. The summed E-state index contributed by atoms with van der Waals surface area (Å²) in [6.07, 6.45) is 13.0. The maximum atomic E-state index is 6.69. The molecule has 3 aliphatic rings. The van der Waals surface area contributed by atoms with Gasteiger partial charge in [-0.25, -0.2) is 15.0 Å². The normalized spacial score (nSPS) is 18.6. The van der Waals surface area contributed by atoms with Crippen LogP contribution in [0.25, 0.3) is 50.5 Å². The van der Waals surface area contributed by atoms with Gasteiger partial charge >= 0.3 is 0 Å². The quantitative estimate of drug-likeness (QED) is 0.253. The van der Waals surface area contributed by atoms with Crippen molar-refractivity contribution in [3.05, 3.63) is 139 Å². The number of fused-ring (bicyclic) bond motifs is 1. The Balaban J connectivity index is 1.38. The fourth-order valence-electron chi connectivity index (χ4n) is 5.91. The van der Waals surface area contributed by atoms with E-state index in [4.69, 9.17) is 19.7 Å². The molecule has 4 nitrogen and oxygen atoms in total. The van der Waals surface area contributed by atoms with E-state index in [0.717, 1.165) is 33.2 Å². The molecule has 0 saturated carbocycles. The summed E-state index contributed by atoms with van der Waals surface area (Å²) >= 11 is 0. The molecular formula is C35H23N3O. The molecule has 1 aliphatic heterocycles. The van der Waals surface area contributed by atoms with Gasteiger partial charge < -0.3 is 4.74 Å². The van der Waals surface area contributed by atoms with Crippen LogP contribution in [0.4, 0.5) is 0 Å². The standard InChI is InChI=1S/C35H23N3O/c1-3-10-23(11-4-1)33-36-34(24-12-5-2-6-13-24)38-35(37-33)28-20-21-30-32-26(17-9-18-27(28)32)25-16-7-14-22-15-8-19-29(39-30)31(22)25/h1-21,29,31H. The summed E-state index contributed by atoms with van der Waals surface area (Å²) in [5.74, 6) is 3.01. The van der Waals surface area contributed by atoms with E-state index < -0.39 is 0 Å². The van der Waals surface area contributed by atoms with Gasteiger partial charge in [0.25, 0.3) is 0 Å². The molecule has 0 bridgehead atoms. The van der Waals surface area contributed by atoms with Gasteiger partial charge in [0.2, 0.25) is 0 Å². The van der Waals surface area contributed by atoms with Gasteiger partial charge in [0.15, 0.2) is 17.5 Å². The highest BCUT2D eigenvalue weighted by Gasteiger charge is 2.35. The Morgan fingerprint density at radius 3 is 2.05 bits per heavy atom. The molecule has 2 aliphatic carbocycles. The number of hydrogen-bond donors (Lipinski definition) is 0. The lowest BCUT2D eigenvalue weighted by Crippen LogP contribution is -2.28. The van der Waals surface area contributed by atoms with E-state index in [1.807, 2.05) is 60.7 Å². The van der Waals surface area contributed by atoms with Crippen molar-refractivity contribution in [3.63, 3.8) is 0 Å². The zero-order valence-electron chi connectivity index (χ0n) is 21.0. The van der Waals surface area contributed by atoms with Crippen molar-refractivity contribution in [1.82, 2.24) is 15.0 Å². The van der Waals surface area contributed by atoms with Crippen molar-refractivity contribution >= 4 is 16.3 Å². The number of ether oxygens (including phenoxy) is 1. The van der Waals surface area contributed by atoms with Crippen molar-refractivity contribution in [2.24, 2.45) is 5.92 Å². The van der Waals surface area contributed by atoms with Crippen LogP contribution in [0.5, 0.6) is 5.75 Å². The predicted octanol–water partition coefficient (Wildman–Crippen LogP) is 7.85. The number of aromatic nitrogens is 3. The van der Waals surface area contributed by atoms with Crippen LogP contribution in [0.3, 0.4) is 0 Å². The van der Waals surface area contributed by atoms with Crippen LogP contribution in [0, 0.1) is 5.92 Å². The first-order chi connectivity index (χ1) is 19.3. The fourth-order valence-corrected chi connectivity index (χ4v) is 5.91. The molecule has 184 valence electrons. The van der Waals surface area contributed by atoms with Gasteiger partial charge in [-0.2, -0.15) is 0 Å². The minimum atomic E-state index is -0.0470. The highest BCUT2D eigenvalue weighted by Crippen LogP contribution is 2.48. The average Bonchev–Trinajstić information content (AvgIpc) is 3.15. The molecule has 2 unspecified atom stereocenters. The second kappa shape index (κ2) is 8.74. The van der Waals surface area contributed by atoms with Crippen LogP contribution in [0.1, 0.15) is 5.56 Å². The SMILES string of the molecule is C1=CC2=CC=CC3Oc4ccc(-c5nc(-c6ccccc6)nc(-c6ccccc6)n5)c5cccc(c45)C(=C1)C23. The zero-order chi connectivity index (χ0) is 25.8. The molecule has 4 aromatic carbocycles. The second-order valence-electron chi connectivity index (χ2n) is 9.97. The molecule has 0 spiro atoms. The second-order valence-corrected chi connectivity index (χ2v) is 9.97. The average molecular weight is 502 g/mol. The van der Waals surface area contributed by atoms with Crippen LogP contribution >= 0.6 is 0 Å². The molecule has 0 fully saturated rings. The van der Waals surface area contributed by atoms with Gasteiger partial charge in [-0.1, -0.05) is 109 Å². The highest BCUT2D eigenvalue weighted by atomic mass is 16.5. The molecule has 4 heteroatoms. The molecule has 0 saturated heterocycles. The Kier molecular flexibility index (Phi) is 4.92. The highest BCUT2D eigenvalue weighted by molar-refractivity contribution is 6.06. The summed E-state index contributed by atoms with van der Waals surface area (Å²) < 4.78 is 6.69. The summed E-state index contributed by atoms with van der Waals surface area (Å²) in [6, 6.07) is 30.8. The summed E-state index contributed by atoms with van der Waals surface area (Å²) in [4.78, 5) is 14.9. The number of nitrogens with zero attached hydrogens (tertiary/aromatic N) is 3. The van der Waals surface area contributed by atoms with E-state index in [9.17, 15) is 0 Å². The van der Waals surface area contributed by atoms with Crippen molar-refractivity contribution in [1.29, 1.82) is 0 Å². The molecule has 1 aromatic heterocycles. The topological polar surface area (TPSA) is 47.9 Å². The first-order valence-corrected chi connectivity index (χ1v) is 13.2. The largest absolute Gasteiger partial charge is 0.485 e. The Labute approximate surface area is 226 Å². The van der Waals surface area contributed by atoms with Crippen LogP contribution < -0.4 is 4.74 Å². The van der Waals surface area contributed by atoms with E-state index in [0.29, 0.717) is 17.5 Å². The molecular weight excluding hydrogens is 478 g/mol. The van der Waals surface area contributed by atoms with Gasteiger partial charge in [0, 0.05) is 22.1 Å². The Bertz CT molecular complexity index is 1830. The first-order valence-electron chi connectivity index (χ1n) is 13.2. The number of benzene rings is 4.